The Kier molecular flexibility index (Phi) is 11.3. The van der Waals surface area contributed by atoms with Gasteiger partial charge in [0.15, 0.2) is 0 Å². The SMILES string of the molecule is CCCCc1cc(CCCCc2ccc(Cc3ccc(N)cc3)c(CCCC)c2)ccc1Cc1ccc(N)cc1. The van der Waals surface area contributed by atoms with Crippen LogP contribution < -0.4 is 11.5 Å². The molecule has 0 amide bonds. The van der Waals surface area contributed by atoms with Crippen molar-refractivity contribution in [3.8, 4) is 0 Å². The van der Waals surface area contributed by atoms with Gasteiger partial charge >= 0.3 is 0 Å². The van der Waals surface area contributed by atoms with E-state index in [1.165, 1.54) is 83.0 Å². The van der Waals surface area contributed by atoms with E-state index in [-0.39, 0.29) is 0 Å². The van der Waals surface area contributed by atoms with Gasteiger partial charge in [0, 0.05) is 11.4 Å². The van der Waals surface area contributed by atoms with Gasteiger partial charge in [0.05, 0.1) is 0 Å². The molecule has 0 aromatic heterocycles. The van der Waals surface area contributed by atoms with Crippen molar-refractivity contribution in [3.63, 3.8) is 0 Å². The van der Waals surface area contributed by atoms with Crippen molar-refractivity contribution in [2.45, 2.75) is 90.9 Å². The second kappa shape index (κ2) is 15.3. The van der Waals surface area contributed by atoms with Crippen molar-refractivity contribution in [3.05, 3.63) is 129 Å². The summed E-state index contributed by atoms with van der Waals surface area (Å²) in [7, 11) is 0. The van der Waals surface area contributed by atoms with Crippen molar-refractivity contribution in [2.24, 2.45) is 0 Å². The molecule has 0 atom stereocenters. The first-order valence-electron chi connectivity index (χ1n) is 15.4. The topological polar surface area (TPSA) is 52.0 Å². The number of hydrogen-bond donors (Lipinski definition) is 2. The zero-order valence-electron chi connectivity index (χ0n) is 24.7. The number of nitrogens with two attached hydrogens (primary N) is 2. The molecule has 4 N–H and O–H groups in total. The van der Waals surface area contributed by atoms with Crippen LogP contribution in [-0.4, -0.2) is 0 Å². The van der Waals surface area contributed by atoms with Crippen LogP contribution in [0.15, 0.2) is 84.9 Å². The molecule has 0 saturated carbocycles. The lowest BCUT2D eigenvalue weighted by Gasteiger charge is -2.14. The smallest absolute Gasteiger partial charge is 0.0314 e. The molecule has 0 unspecified atom stereocenters. The van der Waals surface area contributed by atoms with E-state index >= 15 is 0 Å². The third kappa shape index (κ3) is 9.01. The summed E-state index contributed by atoms with van der Waals surface area (Å²) in [5.74, 6) is 0. The maximum absolute atomic E-state index is 5.89. The lowest BCUT2D eigenvalue weighted by molar-refractivity contribution is 0.728. The predicted octanol–water partition coefficient (Wildman–Crippen LogP) is 9.28. The van der Waals surface area contributed by atoms with Crippen molar-refractivity contribution < 1.29 is 0 Å². The van der Waals surface area contributed by atoms with Crippen LogP contribution in [-0.2, 0) is 38.5 Å². The van der Waals surface area contributed by atoms with Crippen LogP contribution in [0.25, 0.3) is 0 Å². The summed E-state index contributed by atoms with van der Waals surface area (Å²) in [6.07, 6.45) is 14.0. The monoisotopic (exact) mass is 532 g/mol. The number of nitrogen functional groups attached to an aromatic ring is 2. The van der Waals surface area contributed by atoms with Crippen LogP contribution in [0, 0.1) is 0 Å². The molecule has 0 aliphatic heterocycles. The summed E-state index contributed by atoms with van der Waals surface area (Å²) in [6.45, 7) is 4.56. The van der Waals surface area contributed by atoms with Crippen LogP contribution in [0.1, 0.15) is 96.9 Å². The summed E-state index contributed by atoms with van der Waals surface area (Å²) < 4.78 is 0. The van der Waals surface area contributed by atoms with E-state index in [9.17, 15) is 0 Å². The molecule has 0 radical (unpaired) electrons. The Morgan fingerprint density at radius 2 is 0.775 bits per heavy atom. The van der Waals surface area contributed by atoms with Crippen LogP contribution in [0.3, 0.4) is 0 Å². The Balaban J connectivity index is 1.35. The van der Waals surface area contributed by atoms with Gasteiger partial charge in [-0.15, -0.1) is 0 Å². The van der Waals surface area contributed by atoms with E-state index in [4.69, 9.17) is 11.5 Å². The van der Waals surface area contributed by atoms with E-state index in [1.807, 2.05) is 24.3 Å². The highest BCUT2D eigenvalue weighted by Crippen LogP contribution is 2.23. The maximum Gasteiger partial charge on any atom is 0.0314 e. The van der Waals surface area contributed by atoms with Gasteiger partial charge in [0.25, 0.3) is 0 Å². The van der Waals surface area contributed by atoms with Crippen molar-refractivity contribution in [1.82, 2.24) is 0 Å². The predicted molar refractivity (Wildman–Crippen MR) is 174 cm³/mol. The molecule has 0 aliphatic carbocycles. The van der Waals surface area contributed by atoms with E-state index in [1.54, 1.807) is 0 Å². The Bertz CT molecular complexity index is 1210. The molecule has 0 spiro atoms. The maximum atomic E-state index is 5.89. The molecule has 0 aliphatic rings. The third-order valence-electron chi connectivity index (χ3n) is 8.07. The normalized spacial score (nSPS) is 11.2. The van der Waals surface area contributed by atoms with Crippen LogP contribution in [0.5, 0.6) is 0 Å². The van der Waals surface area contributed by atoms with Crippen molar-refractivity contribution in [2.75, 3.05) is 11.5 Å². The molecule has 0 bridgehead atoms. The molecule has 2 heteroatoms. The second-order valence-electron chi connectivity index (χ2n) is 11.5. The average Bonchev–Trinajstić information content (AvgIpc) is 2.97. The summed E-state index contributed by atoms with van der Waals surface area (Å²) in [4.78, 5) is 0. The third-order valence-corrected chi connectivity index (χ3v) is 8.07. The number of hydrogen-bond acceptors (Lipinski definition) is 2. The summed E-state index contributed by atoms with van der Waals surface area (Å²) in [6, 6.07) is 31.1. The number of rotatable bonds is 15. The van der Waals surface area contributed by atoms with Gasteiger partial charge < -0.3 is 11.5 Å². The standard InChI is InChI=1S/C38H48N2/c1-3-5-11-33-25-29(13-19-35(33)27-31-15-21-37(39)22-16-31)9-7-8-10-30-14-20-36(34(26-30)12-6-4-2)28-32-17-23-38(40)24-18-32/h13-26H,3-12,27-28,39-40H2,1-2H3. The highest BCUT2D eigenvalue weighted by atomic mass is 14.5. The molecule has 0 fully saturated rings. The lowest BCUT2D eigenvalue weighted by atomic mass is 9.92. The fourth-order valence-corrected chi connectivity index (χ4v) is 5.58. The number of unbranched alkanes of at least 4 members (excludes halogenated alkanes) is 3. The first-order chi connectivity index (χ1) is 19.5. The Morgan fingerprint density at radius 3 is 1.15 bits per heavy atom. The summed E-state index contributed by atoms with van der Waals surface area (Å²) >= 11 is 0. The summed E-state index contributed by atoms with van der Waals surface area (Å²) in [5, 5.41) is 0. The molecule has 0 heterocycles. The van der Waals surface area contributed by atoms with Crippen LogP contribution in [0.2, 0.25) is 0 Å². The van der Waals surface area contributed by atoms with Gasteiger partial charge in [-0.2, -0.15) is 0 Å². The van der Waals surface area contributed by atoms with Crippen LogP contribution in [0.4, 0.5) is 11.4 Å². The minimum Gasteiger partial charge on any atom is -0.399 e. The molecule has 40 heavy (non-hydrogen) atoms. The first-order valence-corrected chi connectivity index (χ1v) is 15.4. The minimum absolute atomic E-state index is 0.830. The van der Waals surface area contributed by atoms with Gasteiger partial charge in [-0.25, -0.2) is 0 Å². The molecule has 4 aromatic rings. The van der Waals surface area contributed by atoms with Crippen LogP contribution >= 0.6 is 0 Å². The molecule has 2 nitrogen and oxygen atoms in total. The highest BCUT2D eigenvalue weighted by molar-refractivity contribution is 5.43. The van der Waals surface area contributed by atoms with Crippen molar-refractivity contribution in [1.29, 1.82) is 0 Å². The van der Waals surface area contributed by atoms with E-state index in [0.29, 0.717) is 0 Å². The fourth-order valence-electron chi connectivity index (χ4n) is 5.58. The average molecular weight is 533 g/mol. The van der Waals surface area contributed by atoms with E-state index < -0.39 is 0 Å². The lowest BCUT2D eigenvalue weighted by Crippen LogP contribution is -2.00. The fraction of sp³-hybridized carbons (Fsp3) is 0.368. The Morgan fingerprint density at radius 1 is 0.400 bits per heavy atom. The number of benzene rings is 4. The van der Waals surface area contributed by atoms with E-state index in [0.717, 1.165) is 49.9 Å². The van der Waals surface area contributed by atoms with Gasteiger partial charge in [0.1, 0.15) is 0 Å². The highest BCUT2D eigenvalue weighted by Gasteiger charge is 2.08. The molecule has 0 saturated heterocycles. The molecular formula is C38H48N2. The first kappa shape index (κ1) is 29.5. The quantitative estimate of drug-likeness (QED) is 0.118. The van der Waals surface area contributed by atoms with Gasteiger partial charge in [-0.05, 0) is 133 Å². The zero-order valence-corrected chi connectivity index (χ0v) is 24.7. The van der Waals surface area contributed by atoms with Gasteiger partial charge in [-0.1, -0.05) is 87.4 Å². The second-order valence-corrected chi connectivity index (χ2v) is 11.5. The minimum atomic E-state index is 0.830. The largest absolute Gasteiger partial charge is 0.399 e. The summed E-state index contributed by atoms with van der Waals surface area (Å²) in [5.41, 5.74) is 25.0. The van der Waals surface area contributed by atoms with Gasteiger partial charge in [-0.3, -0.25) is 0 Å². The Labute approximate surface area is 242 Å². The number of anilines is 2. The zero-order chi connectivity index (χ0) is 28.2. The van der Waals surface area contributed by atoms with Crippen molar-refractivity contribution >= 4 is 11.4 Å². The molecule has 210 valence electrons. The Hall–Kier alpha value is -3.52. The van der Waals surface area contributed by atoms with Gasteiger partial charge in [0.2, 0.25) is 0 Å². The molecular weight excluding hydrogens is 484 g/mol. The number of aryl methyl sites for hydroxylation is 4. The van der Waals surface area contributed by atoms with E-state index in [2.05, 4.69) is 74.5 Å². The molecule has 4 rings (SSSR count). The molecule has 4 aromatic carbocycles.